The number of fused-ring (bicyclic) bond motifs is 1. The molecule has 2 heterocycles. The number of rotatable bonds is 7. The minimum atomic E-state index is -0.161. The van der Waals surface area contributed by atoms with E-state index in [-0.39, 0.29) is 18.3 Å². The van der Waals surface area contributed by atoms with Crippen molar-refractivity contribution in [2.45, 2.75) is 27.2 Å². The molecule has 0 atom stereocenters. The number of nitrogens with zero attached hydrogens (tertiary/aromatic N) is 4. The first-order valence-corrected chi connectivity index (χ1v) is 10.2. The van der Waals surface area contributed by atoms with E-state index >= 15 is 0 Å². The second-order valence-corrected chi connectivity index (χ2v) is 7.20. The van der Waals surface area contributed by atoms with Crippen molar-refractivity contribution in [1.82, 2.24) is 19.6 Å². The molecule has 0 aliphatic heterocycles. The first-order chi connectivity index (χ1) is 15.4. The SMILES string of the molecule is CCOc1ccc(Oc2ccc(NC(=O)Cc3c(C)nc4nc(N)nn4c3C)cc2)cc1. The third-order valence-electron chi connectivity index (χ3n) is 4.91. The Morgan fingerprint density at radius 1 is 1.00 bits per heavy atom. The van der Waals surface area contributed by atoms with E-state index in [4.69, 9.17) is 15.2 Å². The number of benzene rings is 2. The fraction of sp³-hybridized carbons (Fsp3) is 0.217. The molecule has 164 valence electrons. The van der Waals surface area contributed by atoms with Crippen molar-refractivity contribution in [1.29, 1.82) is 0 Å². The standard InChI is InChI=1S/C23H24N6O3/c1-4-31-17-9-11-19(12-10-17)32-18-7-5-16(6-8-18)26-21(30)13-20-14(2)25-23-27-22(24)28-29(23)15(20)3/h5-12H,4,13H2,1-3H3,(H2,24,28)(H,26,30). The van der Waals surface area contributed by atoms with Crippen molar-refractivity contribution in [2.75, 3.05) is 17.7 Å². The zero-order chi connectivity index (χ0) is 22.7. The van der Waals surface area contributed by atoms with Gasteiger partial charge in [-0.3, -0.25) is 4.79 Å². The Hall–Kier alpha value is -4.14. The maximum Gasteiger partial charge on any atom is 0.254 e. The Bertz CT molecular complexity index is 1250. The third kappa shape index (κ3) is 4.61. The average Bonchev–Trinajstić information content (AvgIpc) is 3.14. The number of nitrogens with two attached hydrogens (primary N) is 1. The molecule has 9 heteroatoms. The summed E-state index contributed by atoms with van der Waals surface area (Å²) >= 11 is 0. The van der Waals surface area contributed by atoms with Crippen molar-refractivity contribution in [3.05, 3.63) is 65.5 Å². The van der Waals surface area contributed by atoms with Crippen LogP contribution in [0.4, 0.5) is 11.6 Å². The summed E-state index contributed by atoms with van der Waals surface area (Å²) in [5, 5.41) is 7.03. The number of ether oxygens (including phenoxy) is 2. The molecule has 4 aromatic rings. The average molecular weight is 432 g/mol. The maximum atomic E-state index is 12.6. The molecule has 3 N–H and O–H groups in total. The number of hydrogen-bond donors (Lipinski definition) is 2. The van der Waals surface area contributed by atoms with Gasteiger partial charge in [-0.2, -0.15) is 9.50 Å². The normalized spacial score (nSPS) is 10.8. The Morgan fingerprint density at radius 2 is 1.62 bits per heavy atom. The van der Waals surface area contributed by atoms with Crippen LogP contribution in [0.25, 0.3) is 5.78 Å². The number of nitrogen functional groups attached to an aromatic ring is 1. The van der Waals surface area contributed by atoms with E-state index in [9.17, 15) is 4.79 Å². The molecule has 1 amide bonds. The number of amides is 1. The van der Waals surface area contributed by atoms with E-state index in [0.717, 1.165) is 22.7 Å². The first-order valence-electron chi connectivity index (χ1n) is 10.2. The van der Waals surface area contributed by atoms with Crippen LogP contribution in [0.3, 0.4) is 0 Å². The van der Waals surface area contributed by atoms with Crippen molar-refractivity contribution in [2.24, 2.45) is 0 Å². The van der Waals surface area contributed by atoms with Gasteiger partial charge < -0.3 is 20.5 Å². The molecule has 2 aromatic carbocycles. The van der Waals surface area contributed by atoms with Crippen molar-refractivity contribution < 1.29 is 14.3 Å². The molecule has 0 saturated carbocycles. The molecule has 9 nitrogen and oxygen atoms in total. The Labute approximate surface area is 185 Å². The summed E-state index contributed by atoms with van der Waals surface area (Å²) in [6.07, 6.45) is 0.158. The topological polar surface area (TPSA) is 117 Å². The van der Waals surface area contributed by atoms with Crippen molar-refractivity contribution in [3.63, 3.8) is 0 Å². The fourth-order valence-corrected chi connectivity index (χ4v) is 3.36. The number of nitrogens with one attached hydrogen (secondary N) is 1. The molecule has 32 heavy (non-hydrogen) atoms. The molecular weight excluding hydrogens is 408 g/mol. The molecule has 0 saturated heterocycles. The number of aromatic nitrogens is 4. The lowest BCUT2D eigenvalue weighted by molar-refractivity contribution is -0.115. The highest BCUT2D eigenvalue weighted by Gasteiger charge is 2.15. The number of hydrogen-bond acceptors (Lipinski definition) is 7. The summed E-state index contributed by atoms with van der Waals surface area (Å²) in [6, 6.07) is 14.6. The quantitative estimate of drug-likeness (QED) is 0.457. The van der Waals surface area contributed by atoms with E-state index in [2.05, 4.69) is 20.4 Å². The highest BCUT2D eigenvalue weighted by molar-refractivity contribution is 5.92. The molecule has 0 bridgehead atoms. The Balaban J connectivity index is 1.40. The van der Waals surface area contributed by atoms with Gasteiger partial charge in [-0.05, 0) is 69.3 Å². The first kappa shape index (κ1) is 21.1. The molecule has 0 fully saturated rings. The number of carbonyl (C=O) groups excluding carboxylic acids is 1. The summed E-state index contributed by atoms with van der Waals surface area (Å²) in [7, 11) is 0. The summed E-state index contributed by atoms with van der Waals surface area (Å²) in [4.78, 5) is 21.1. The van der Waals surface area contributed by atoms with E-state index in [1.165, 1.54) is 0 Å². The molecule has 0 aliphatic carbocycles. The maximum absolute atomic E-state index is 12.6. The van der Waals surface area contributed by atoms with E-state index in [1.54, 1.807) is 28.8 Å². The van der Waals surface area contributed by atoms with Gasteiger partial charge in [-0.15, -0.1) is 5.10 Å². The number of carbonyl (C=O) groups is 1. The lowest BCUT2D eigenvalue weighted by Crippen LogP contribution is -2.17. The van der Waals surface area contributed by atoms with Crippen LogP contribution in [0.2, 0.25) is 0 Å². The van der Waals surface area contributed by atoms with E-state index in [1.807, 2.05) is 45.0 Å². The lowest BCUT2D eigenvalue weighted by Gasteiger charge is -2.11. The summed E-state index contributed by atoms with van der Waals surface area (Å²) in [5.74, 6) is 2.57. The van der Waals surface area contributed by atoms with Crippen molar-refractivity contribution >= 4 is 23.3 Å². The van der Waals surface area contributed by atoms with Crippen molar-refractivity contribution in [3.8, 4) is 17.2 Å². The van der Waals surface area contributed by atoms with Gasteiger partial charge in [-0.25, -0.2) is 4.98 Å². The van der Waals surface area contributed by atoms with Crippen LogP contribution >= 0.6 is 0 Å². The molecule has 0 aliphatic rings. The Kier molecular flexibility index (Phi) is 5.89. The minimum Gasteiger partial charge on any atom is -0.494 e. The molecular formula is C23H24N6O3. The van der Waals surface area contributed by atoms with Gasteiger partial charge >= 0.3 is 0 Å². The number of anilines is 2. The summed E-state index contributed by atoms with van der Waals surface area (Å²) < 4.78 is 12.8. The van der Waals surface area contributed by atoms with E-state index < -0.39 is 0 Å². The summed E-state index contributed by atoms with van der Waals surface area (Å²) in [5.41, 5.74) is 8.62. The second-order valence-electron chi connectivity index (χ2n) is 7.20. The predicted molar refractivity (Wildman–Crippen MR) is 121 cm³/mol. The van der Waals surface area contributed by atoms with Gasteiger partial charge in [0.1, 0.15) is 17.2 Å². The molecule has 0 spiro atoms. The van der Waals surface area contributed by atoms with Gasteiger partial charge in [0.05, 0.1) is 13.0 Å². The largest absolute Gasteiger partial charge is 0.494 e. The second kappa shape index (κ2) is 8.93. The van der Waals surface area contributed by atoms with Gasteiger partial charge in [0.15, 0.2) is 0 Å². The van der Waals surface area contributed by atoms with Gasteiger partial charge in [-0.1, -0.05) is 0 Å². The van der Waals surface area contributed by atoms with Crippen LogP contribution in [-0.2, 0) is 11.2 Å². The Morgan fingerprint density at radius 3 is 2.28 bits per heavy atom. The highest BCUT2D eigenvalue weighted by atomic mass is 16.5. The lowest BCUT2D eigenvalue weighted by atomic mass is 10.1. The van der Waals surface area contributed by atoms with Crippen LogP contribution < -0.4 is 20.5 Å². The molecule has 2 aromatic heterocycles. The van der Waals surface area contributed by atoms with Gasteiger partial charge in [0.2, 0.25) is 11.9 Å². The monoisotopic (exact) mass is 432 g/mol. The van der Waals surface area contributed by atoms with E-state index in [0.29, 0.717) is 29.6 Å². The smallest absolute Gasteiger partial charge is 0.254 e. The zero-order valence-corrected chi connectivity index (χ0v) is 18.1. The van der Waals surface area contributed by atoms with Crippen LogP contribution in [0, 0.1) is 13.8 Å². The highest BCUT2D eigenvalue weighted by Crippen LogP contribution is 2.25. The number of aryl methyl sites for hydroxylation is 2. The van der Waals surface area contributed by atoms with Crippen LogP contribution in [-0.4, -0.2) is 32.1 Å². The fourth-order valence-electron chi connectivity index (χ4n) is 3.36. The molecule has 0 unspecified atom stereocenters. The third-order valence-corrected chi connectivity index (χ3v) is 4.91. The zero-order valence-electron chi connectivity index (χ0n) is 18.1. The summed E-state index contributed by atoms with van der Waals surface area (Å²) in [6.45, 7) is 6.27. The van der Waals surface area contributed by atoms with Crippen LogP contribution in [0.5, 0.6) is 17.2 Å². The minimum absolute atomic E-state index is 0.147. The van der Waals surface area contributed by atoms with Gasteiger partial charge in [0.25, 0.3) is 5.78 Å². The van der Waals surface area contributed by atoms with Crippen LogP contribution in [0.1, 0.15) is 23.9 Å². The van der Waals surface area contributed by atoms with Crippen LogP contribution in [0.15, 0.2) is 48.5 Å². The molecule has 0 radical (unpaired) electrons. The predicted octanol–water partition coefficient (Wildman–Crippen LogP) is 3.70. The van der Waals surface area contributed by atoms with Gasteiger partial charge in [0, 0.05) is 22.6 Å². The molecule has 4 rings (SSSR count).